The highest BCUT2D eigenvalue weighted by atomic mass is 31.3. The molecule has 5 heterocycles. The van der Waals surface area contributed by atoms with Crippen molar-refractivity contribution in [2.75, 3.05) is 98.8 Å². The summed E-state index contributed by atoms with van der Waals surface area (Å²) in [6.07, 6.45) is 11.7. The van der Waals surface area contributed by atoms with Crippen LogP contribution >= 0.6 is 76.0 Å². The molecule has 0 spiro atoms. The van der Waals surface area contributed by atoms with Crippen LogP contribution in [0, 0.1) is 0 Å². The van der Waals surface area contributed by atoms with Gasteiger partial charge in [-0.05, 0) is 15.2 Å². The smallest absolute Gasteiger partial charge is 0.371 e. The highest BCUT2D eigenvalue weighted by Gasteiger charge is 2.61. The van der Waals surface area contributed by atoms with Crippen molar-refractivity contribution in [2.24, 2.45) is 0 Å². The van der Waals surface area contributed by atoms with E-state index in [4.69, 9.17) is 79.4 Å². The fourth-order valence-electron chi connectivity index (χ4n) is 7.54. The second kappa shape index (κ2) is 38.6. The van der Waals surface area contributed by atoms with Crippen LogP contribution in [-0.2, 0) is 69.6 Å². The summed E-state index contributed by atoms with van der Waals surface area (Å²) >= 11 is 0. The van der Waals surface area contributed by atoms with E-state index in [-0.39, 0.29) is 63.1 Å². The standard InChI is InChI=1S/5C7H14N2O9P2.4CH4/c5*10-6(11)3-8-1-2-9(5-8)4-7(12,19(13,14)15)20(16,17)18;;;;/h5*1-2,12H,3-5H2,(H,10,11)(H2,13,14,15)(H2,16,17,18);4*1H4/p-9. The fourth-order valence-corrected chi connectivity index (χ4v) is 17.6. The summed E-state index contributed by atoms with van der Waals surface area (Å²) in [5.41, 5.74) is 0. The van der Waals surface area contributed by atoms with E-state index in [1.807, 2.05) is 0 Å². The van der Waals surface area contributed by atoms with Gasteiger partial charge in [0.05, 0.1) is 66.1 Å². The molecule has 55 nitrogen and oxygen atoms in total. The lowest BCUT2D eigenvalue weighted by molar-refractivity contribution is -0.349. The van der Waals surface area contributed by atoms with Gasteiger partial charge in [0.25, 0.3) is 5.08 Å². The van der Waals surface area contributed by atoms with Crippen LogP contribution in [0.1, 0.15) is 29.7 Å². The second-order valence-corrected chi connectivity index (χ2v) is 40.4. The minimum atomic E-state index is -6.15. The number of β-amino-alcohol motifs (C(OH)–C–C–N with tert-alkyl or cyclic N) is 5. The van der Waals surface area contributed by atoms with Crippen molar-refractivity contribution < 1.29 is 219 Å². The van der Waals surface area contributed by atoms with Crippen LogP contribution in [0.2, 0.25) is 0 Å². The van der Waals surface area contributed by atoms with Gasteiger partial charge in [0.2, 0.25) is 15.2 Å². The Morgan fingerprint density at radius 1 is 0.260 bits per heavy atom. The number of hydrogen-bond acceptors (Lipinski definition) is 39. The Morgan fingerprint density at radius 3 is 0.529 bits per heavy atom. The van der Waals surface area contributed by atoms with E-state index in [0.29, 0.717) is 0 Å². The Balaban J connectivity index is -0.000000595. The number of nitrogens with zero attached hydrogens (tertiary/aromatic N) is 10. The molecular formula is C39H77N10O45P10-9. The molecule has 0 aromatic rings. The van der Waals surface area contributed by atoms with Crippen LogP contribution in [0.4, 0.5) is 0 Å². The van der Waals surface area contributed by atoms with Crippen LogP contribution in [0.3, 0.4) is 0 Å². The Bertz CT molecular complexity index is 2970. The molecule has 65 heteroatoms. The van der Waals surface area contributed by atoms with Crippen LogP contribution in [-0.4, -0.2) is 308 Å². The van der Waals surface area contributed by atoms with Gasteiger partial charge in [-0.15, -0.1) is 0 Å². The summed E-state index contributed by atoms with van der Waals surface area (Å²) in [4.78, 5) is 259. The second-order valence-electron chi connectivity index (χ2n) is 20.7. The number of carboxylic acid groups (broad SMARTS) is 5. The summed E-state index contributed by atoms with van der Waals surface area (Å²) < 4.78 is 110. The number of aliphatic carboxylic acids is 5. The molecule has 0 amide bonds. The molecule has 104 heavy (non-hydrogen) atoms. The molecular weight excluding hydrogens is 1640 g/mol. The van der Waals surface area contributed by atoms with Crippen LogP contribution in [0.5, 0.6) is 0 Å². The lowest BCUT2D eigenvalue weighted by atomic mass is 10.6. The lowest BCUT2D eigenvalue weighted by Crippen LogP contribution is -2.52. The predicted octanol–water partition coefficient (Wildman–Crippen LogP) is -12.5. The Morgan fingerprint density at radius 2 is 0.394 bits per heavy atom. The summed E-state index contributed by atoms with van der Waals surface area (Å²) in [6, 6.07) is 0. The summed E-state index contributed by atoms with van der Waals surface area (Å²) in [6.45, 7) is -9.15. The molecule has 21 N–H and O–H groups in total. The van der Waals surface area contributed by atoms with Crippen molar-refractivity contribution in [3.8, 4) is 0 Å². The maximum atomic E-state index is 11.1. The molecule has 6 atom stereocenters. The largest absolute Gasteiger partial charge is 0.808 e. The zero-order chi connectivity index (χ0) is 78.8. The van der Waals surface area contributed by atoms with Gasteiger partial charge in [-0.2, -0.15) is 0 Å². The summed E-state index contributed by atoms with van der Waals surface area (Å²) in [5.74, 6) is -5.89. The first-order valence-electron chi connectivity index (χ1n) is 25.3. The Labute approximate surface area is 587 Å². The molecule has 612 valence electrons. The number of carbonyl (C=O) groups is 5. The van der Waals surface area contributed by atoms with Gasteiger partial charge in [-0.3, -0.25) is 37.7 Å². The van der Waals surface area contributed by atoms with Crippen molar-refractivity contribution in [1.82, 2.24) is 49.0 Å². The highest BCUT2D eigenvalue weighted by Crippen LogP contribution is 2.69. The first-order chi connectivity index (χ1) is 44.3. The normalized spacial score (nSPS) is 19.9. The van der Waals surface area contributed by atoms with E-state index < -0.39 is 197 Å². The minimum absolute atomic E-state index is 0. The van der Waals surface area contributed by atoms with Gasteiger partial charge in [-0.1, -0.05) is 29.7 Å². The molecule has 0 aliphatic carbocycles. The van der Waals surface area contributed by atoms with Gasteiger partial charge in [-0.25, -0.2) is 0 Å². The van der Waals surface area contributed by atoms with E-state index in [9.17, 15) is 139 Å². The number of rotatable bonds is 30. The van der Waals surface area contributed by atoms with Crippen LogP contribution < -0.4 is 44.0 Å². The van der Waals surface area contributed by atoms with Crippen molar-refractivity contribution in [3.05, 3.63) is 62.0 Å². The summed E-state index contributed by atoms with van der Waals surface area (Å²) in [5, 5.41) is 71.8. The quantitative estimate of drug-likeness (QED) is 0.0297. The molecule has 0 bridgehead atoms. The van der Waals surface area contributed by atoms with Crippen molar-refractivity contribution in [1.29, 1.82) is 0 Å². The fraction of sp³-hybridized carbons (Fsp3) is 0.615. The third-order valence-corrected chi connectivity index (χ3v) is 30.7. The Hall–Kier alpha value is -4.65. The minimum Gasteiger partial charge on any atom is -0.808 e. The van der Waals surface area contributed by atoms with Gasteiger partial charge in [0.1, 0.15) is 37.8 Å². The molecule has 0 aromatic heterocycles. The van der Waals surface area contributed by atoms with E-state index >= 15 is 0 Å². The SMILES string of the molecule is C.C.C.C.O=C(O)CN1C=CN(CC(O)(P(=O)(O)O)P(=O)(O)O)C1.O=C(O)CN1C=CN(CC(O)(P(=O)([O-])O)P(=O)(O)O)C1.O=C(O)CN1C=CN(CC(O)(P(=O)([O-])O)P(=O)([O-])O)C1.O=C(O)CN1C=CN(CC(O)(P(=O)([O-])O)P(=O)([O-])O)C1.O=C(O)CN1C=CN(CC(O)(P(=O)([O-])[O-])P(=O)([O-])[O-])C1. The molecule has 0 saturated heterocycles. The molecule has 0 radical (unpaired) electrons. The number of hydrogen-bond donors (Lipinski definition) is 21. The molecule has 5 aliphatic heterocycles. The topological polar surface area (TPSA) is 921 Å². The number of carboxylic acids is 5. The zero-order valence-electron chi connectivity index (χ0n) is 49.5. The van der Waals surface area contributed by atoms with E-state index in [1.165, 1.54) is 56.8 Å². The van der Waals surface area contributed by atoms with Gasteiger partial charge >= 0.3 is 52.6 Å². The third-order valence-electron chi connectivity index (χ3n) is 12.6. The van der Waals surface area contributed by atoms with Crippen molar-refractivity contribution in [3.63, 3.8) is 0 Å². The third kappa shape index (κ3) is 29.4. The van der Waals surface area contributed by atoms with Gasteiger partial charge < -0.3 is 230 Å². The van der Waals surface area contributed by atoms with Crippen molar-refractivity contribution >= 4 is 106 Å². The first kappa shape index (κ1) is 106. The monoisotopic (exact) mass is 1720 g/mol. The average molecular weight is 1720 g/mol. The zero-order valence-corrected chi connectivity index (χ0v) is 58.5. The van der Waals surface area contributed by atoms with Gasteiger partial charge in [0.15, 0.2) is 38.0 Å². The average Bonchev–Trinajstić information content (AvgIpc) is 1.19. The molecule has 0 fully saturated rings. The van der Waals surface area contributed by atoms with Crippen LogP contribution in [0.15, 0.2) is 62.0 Å². The molecule has 5 rings (SSSR count). The first-order valence-corrected chi connectivity index (χ1v) is 41.1. The molecule has 0 saturated carbocycles. The van der Waals surface area contributed by atoms with E-state index in [2.05, 4.69) is 0 Å². The number of aliphatic hydroxyl groups is 5. The van der Waals surface area contributed by atoms with Crippen molar-refractivity contribution in [2.45, 2.75) is 55.1 Å². The maximum absolute atomic E-state index is 11.1. The molecule has 6 unspecified atom stereocenters. The molecule has 5 aliphatic rings. The summed E-state index contributed by atoms with van der Waals surface area (Å²) in [7, 11) is -58.1. The predicted molar refractivity (Wildman–Crippen MR) is 327 cm³/mol. The Kier molecular flexibility index (Phi) is 39.3. The van der Waals surface area contributed by atoms with E-state index in [0.717, 1.165) is 54.2 Å². The molecule has 0 aromatic carbocycles. The maximum Gasteiger partial charge on any atom is 0.371 e. The van der Waals surface area contributed by atoms with E-state index in [1.54, 1.807) is 0 Å². The highest BCUT2D eigenvalue weighted by molar-refractivity contribution is 7.73. The van der Waals surface area contributed by atoms with Crippen LogP contribution in [0.25, 0.3) is 0 Å². The van der Waals surface area contributed by atoms with Gasteiger partial charge in [0, 0.05) is 62.0 Å². The lowest BCUT2D eigenvalue weighted by Gasteiger charge is -2.56.